The van der Waals surface area contributed by atoms with Crippen LogP contribution < -0.4 is 0 Å². The Kier molecular flexibility index (Phi) is 4.21. The van der Waals surface area contributed by atoms with Crippen LogP contribution in [0.2, 0.25) is 0 Å². The molecule has 1 aromatic carbocycles. The largest absolute Gasteiger partial charge is 0.355 e. The van der Waals surface area contributed by atoms with Gasteiger partial charge in [0.25, 0.3) is 0 Å². The molecule has 0 amide bonds. The van der Waals surface area contributed by atoms with Crippen LogP contribution in [0, 0.1) is 0 Å². The number of rotatable bonds is 4. The molecule has 0 fully saturated rings. The molecule has 0 bridgehead atoms. The van der Waals surface area contributed by atoms with Crippen LogP contribution in [0.3, 0.4) is 0 Å². The molecule has 0 saturated heterocycles. The minimum Gasteiger partial charge on any atom is -0.355 e. The Bertz CT molecular complexity index is 1030. The molecule has 0 spiro atoms. The van der Waals surface area contributed by atoms with Crippen LogP contribution in [-0.4, -0.2) is 15.0 Å². The summed E-state index contributed by atoms with van der Waals surface area (Å²) in [7, 11) is 0. The van der Waals surface area contributed by atoms with Crippen molar-refractivity contribution in [3.8, 4) is 0 Å². The first-order valence-electron chi connectivity index (χ1n) is 8.17. The molecule has 1 N–H and O–H groups in total. The van der Waals surface area contributed by atoms with Crippen LogP contribution >= 0.6 is 0 Å². The fourth-order valence-corrected chi connectivity index (χ4v) is 2.80. The third-order valence-electron chi connectivity index (χ3n) is 4.07. The molecule has 3 nitrogen and oxygen atoms in total. The molecule has 0 radical (unpaired) electrons. The van der Waals surface area contributed by atoms with Gasteiger partial charge in [0.2, 0.25) is 0 Å². The van der Waals surface area contributed by atoms with Gasteiger partial charge in [-0.15, -0.1) is 0 Å². The summed E-state index contributed by atoms with van der Waals surface area (Å²) in [6.45, 7) is 0. The number of nitrogens with one attached hydrogen (secondary N) is 1. The predicted octanol–water partition coefficient (Wildman–Crippen LogP) is 5.30. The van der Waals surface area contributed by atoms with Gasteiger partial charge in [0.1, 0.15) is 0 Å². The number of aromatic amines is 1. The standard InChI is InChI=1S/C22H17N3/c1-2-4-21-19(3-1)20(7-5-17-9-13-23-14-10-17)22(25-21)8-6-18-11-15-24-16-12-18/h1-16,25H/b7-5+,8-6+. The smallest absolute Gasteiger partial charge is 0.0465 e. The minimum absolute atomic E-state index is 1.09. The van der Waals surface area contributed by atoms with Crippen molar-refractivity contribution in [2.24, 2.45) is 0 Å². The molecule has 0 unspecified atom stereocenters. The summed E-state index contributed by atoms with van der Waals surface area (Å²) in [5, 5.41) is 1.21. The van der Waals surface area contributed by atoms with E-state index in [4.69, 9.17) is 0 Å². The van der Waals surface area contributed by atoms with Gasteiger partial charge in [0.15, 0.2) is 0 Å². The van der Waals surface area contributed by atoms with Gasteiger partial charge >= 0.3 is 0 Å². The SMILES string of the molecule is C(=C\c1[nH]c2ccccc2c1/C=C/c1ccncc1)/c1ccncc1. The highest BCUT2D eigenvalue weighted by atomic mass is 14.7. The Morgan fingerprint density at radius 2 is 1.24 bits per heavy atom. The molecule has 120 valence electrons. The van der Waals surface area contributed by atoms with Crippen molar-refractivity contribution >= 4 is 35.2 Å². The summed E-state index contributed by atoms with van der Waals surface area (Å²) in [6.07, 6.45) is 15.7. The van der Waals surface area contributed by atoms with Crippen molar-refractivity contribution < 1.29 is 0 Å². The van der Waals surface area contributed by atoms with Crippen molar-refractivity contribution in [1.29, 1.82) is 0 Å². The van der Waals surface area contributed by atoms with Crippen molar-refractivity contribution in [1.82, 2.24) is 15.0 Å². The van der Waals surface area contributed by atoms with Gasteiger partial charge in [-0.2, -0.15) is 0 Å². The maximum absolute atomic E-state index is 4.06. The lowest BCUT2D eigenvalue weighted by atomic mass is 10.1. The minimum atomic E-state index is 1.09. The molecule has 3 aromatic heterocycles. The molecule has 0 aliphatic heterocycles. The van der Waals surface area contributed by atoms with Crippen LogP contribution in [0.25, 0.3) is 35.2 Å². The second-order valence-electron chi connectivity index (χ2n) is 5.73. The van der Waals surface area contributed by atoms with Crippen molar-refractivity contribution in [2.45, 2.75) is 0 Å². The maximum atomic E-state index is 4.06. The molecule has 3 heteroatoms. The maximum Gasteiger partial charge on any atom is 0.0465 e. The lowest BCUT2D eigenvalue weighted by molar-refractivity contribution is 1.32. The van der Waals surface area contributed by atoms with Gasteiger partial charge in [0, 0.05) is 46.9 Å². The highest BCUT2D eigenvalue weighted by molar-refractivity contribution is 5.96. The van der Waals surface area contributed by atoms with Crippen molar-refractivity contribution in [2.75, 3.05) is 0 Å². The summed E-state index contributed by atoms with van der Waals surface area (Å²) in [4.78, 5) is 11.6. The van der Waals surface area contributed by atoms with Gasteiger partial charge < -0.3 is 4.98 Å². The van der Waals surface area contributed by atoms with E-state index in [0.29, 0.717) is 0 Å². The summed E-state index contributed by atoms with van der Waals surface area (Å²) in [5.41, 5.74) is 5.65. The van der Waals surface area contributed by atoms with Crippen LogP contribution in [0.5, 0.6) is 0 Å². The predicted molar refractivity (Wildman–Crippen MR) is 105 cm³/mol. The molecule has 4 aromatic rings. The lowest BCUT2D eigenvalue weighted by Gasteiger charge is -1.96. The molecule has 0 saturated carbocycles. The highest BCUT2D eigenvalue weighted by Gasteiger charge is 2.06. The fraction of sp³-hybridized carbons (Fsp3) is 0. The zero-order chi connectivity index (χ0) is 16.9. The van der Waals surface area contributed by atoms with E-state index in [1.54, 1.807) is 24.8 Å². The second kappa shape index (κ2) is 6.97. The van der Waals surface area contributed by atoms with E-state index in [0.717, 1.165) is 22.3 Å². The van der Waals surface area contributed by atoms with Gasteiger partial charge in [-0.3, -0.25) is 9.97 Å². The highest BCUT2D eigenvalue weighted by Crippen LogP contribution is 2.26. The number of hydrogen-bond donors (Lipinski definition) is 1. The Labute approximate surface area is 146 Å². The summed E-state index contributed by atoms with van der Waals surface area (Å²) in [6, 6.07) is 16.3. The Morgan fingerprint density at radius 3 is 1.92 bits per heavy atom. The van der Waals surface area contributed by atoms with Gasteiger partial charge in [0.05, 0.1) is 0 Å². The molecule has 3 heterocycles. The average Bonchev–Trinajstić information content (AvgIpc) is 3.04. The lowest BCUT2D eigenvalue weighted by Crippen LogP contribution is -1.78. The number of H-pyrrole nitrogens is 1. The van der Waals surface area contributed by atoms with Gasteiger partial charge in [-0.25, -0.2) is 0 Å². The van der Waals surface area contributed by atoms with E-state index >= 15 is 0 Å². The first-order valence-corrected chi connectivity index (χ1v) is 8.17. The average molecular weight is 323 g/mol. The van der Waals surface area contributed by atoms with E-state index in [1.807, 2.05) is 30.3 Å². The molecule has 4 rings (SSSR count). The van der Waals surface area contributed by atoms with Crippen LogP contribution in [-0.2, 0) is 0 Å². The van der Waals surface area contributed by atoms with Crippen LogP contribution in [0.15, 0.2) is 73.3 Å². The number of nitrogens with zero attached hydrogens (tertiary/aromatic N) is 2. The van der Waals surface area contributed by atoms with Crippen molar-refractivity contribution in [3.63, 3.8) is 0 Å². The normalized spacial score (nSPS) is 11.7. The Morgan fingerprint density at radius 1 is 0.640 bits per heavy atom. The molecule has 0 aliphatic rings. The summed E-state index contributed by atoms with van der Waals surface area (Å²) in [5.74, 6) is 0. The quantitative estimate of drug-likeness (QED) is 0.554. The number of benzene rings is 1. The van der Waals surface area contributed by atoms with E-state index < -0.39 is 0 Å². The van der Waals surface area contributed by atoms with Gasteiger partial charge in [-0.1, -0.05) is 36.4 Å². The molecular weight excluding hydrogens is 306 g/mol. The second-order valence-corrected chi connectivity index (χ2v) is 5.73. The first-order chi connectivity index (χ1) is 12.4. The molecule has 25 heavy (non-hydrogen) atoms. The number of hydrogen-bond acceptors (Lipinski definition) is 2. The third-order valence-corrected chi connectivity index (χ3v) is 4.07. The Hall–Kier alpha value is -3.46. The summed E-state index contributed by atoms with van der Waals surface area (Å²) >= 11 is 0. The van der Waals surface area contributed by atoms with Crippen molar-refractivity contribution in [3.05, 3.63) is 95.7 Å². The van der Waals surface area contributed by atoms with E-state index in [-0.39, 0.29) is 0 Å². The van der Waals surface area contributed by atoms with Gasteiger partial charge in [-0.05, 0) is 47.5 Å². The molecule has 0 aliphatic carbocycles. The van der Waals surface area contributed by atoms with Crippen LogP contribution in [0.1, 0.15) is 22.4 Å². The molecule has 0 atom stereocenters. The topological polar surface area (TPSA) is 41.6 Å². The monoisotopic (exact) mass is 323 g/mol. The number of pyridine rings is 2. The molecular formula is C22H17N3. The van der Waals surface area contributed by atoms with E-state index in [2.05, 4.69) is 57.5 Å². The number of para-hydroxylation sites is 1. The third kappa shape index (κ3) is 3.40. The zero-order valence-corrected chi connectivity index (χ0v) is 13.6. The summed E-state index contributed by atoms with van der Waals surface area (Å²) < 4.78 is 0. The van der Waals surface area contributed by atoms with Crippen LogP contribution in [0.4, 0.5) is 0 Å². The fourth-order valence-electron chi connectivity index (χ4n) is 2.80. The van der Waals surface area contributed by atoms with E-state index in [1.165, 1.54) is 10.9 Å². The van der Waals surface area contributed by atoms with E-state index in [9.17, 15) is 0 Å². The zero-order valence-electron chi connectivity index (χ0n) is 13.6. The first kappa shape index (κ1) is 15.1. The number of fused-ring (bicyclic) bond motifs is 1. The Balaban J connectivity index is 1.76. The number of aromatic nitrogens is 3.